The number of piperazine rings is 1. The molecular weight excluding hydrogens is 308 g/mol. The van der Waals surface area contributed by atoms with E-state index in [0.717, 1.165) is 26.2 Å². The van der Waals surface area contributed by atoms with Crippen LogP contribution in [0.25, 0.3) is 5.32 Å². The first-order chi connectivity index (χ1) is 4.61. The minimum atomic E-state index is 0. The quantitative estimate of drug-likeness (QED) is 0.659. The summed E-state index contributed by atoms with van der Waals surface area (Å²) in [5.41, 5.74) is 0.343. The van der Waals surface area contributed by atoms with Gasteiger partial charge in [-0.3, -0.25) is 0 Å². The summed E-state index contributed by atoms with van der Waals surface area (Å²) in [5, 5.41) is 4.30. The summed E-state index contributed by atoms with van der Waals surface area (Å²) in [5.74, 6) is 0. The first kappa shape index (κ1) is 11.6. The van der Waals surface area contributed by atoms with E-state index in [1.165, 1.54) is 0 Å². The molecule has 0 aliphatic carbocycles. The maximum absolute atomic E-state index is 4.30. The van der Waals surface area contributed by atoms with Crippen molar-refractivity contribution in [2.45, 2.75) is 26.3 Å². The maximum atomic E-state index is 4.30. The topological polar surface area (TPSA) is 17.3 Å². The Morgan fingerprint density at radius 2 is 1.55 bits per heavy atom. The van der Waals surface area contributed by atoms with Crippen LogP contribution in [0.1, 0.15) is 20.8 Å². The van der Waals surface area contributed by atoms with Crippen molar-refractivity contribution in [3.05, 3.63) is 5.32 Å². The molecule has 2 nitrogen and oxygen atoms in total. The molecule has 1 aliphatic rings. The predicted molar refractivity (Wildman–Crippen MR) is 44.4 cm³/mol. The Bertz CT molecular complexity index is 103. The molecule has 0 amide bonds. The molecule has 3 heteroatoms. The summed E-state index contributed by atoms with van der Waals surface area (Å²) in [4.78, 5) is 2.49. The van der Waals surface area contributed by atoms with Crippen molar-refractivity contribution >= 4 is 0 Å². The van der Waals surface area contributed by atoms with Gasteiger partial charge in [0, 0.05) is 5.54 Å². The van der Waals surface area contributed by atoms with Crippen LogP contribution in [-0.2, 0) is 21.1 Å². The Balaban J connectivity index is 0.000001000. The van der Waals surface area contributed by atoms with Crippen molar-refractivity contribution in [2.75, 3.05) is 26.2 Å². The number of rotatable bonds is 0. The van der Waals surface area contributed by atoms with Crippen molar-refractivity contribution in [3.8, 4) is 0 Å². The normalized spacial score (nSPS) is 21.0. The SMILES string of the molecule is CC(C)(C)N1CC[N-]CC1.[W+2]. The predicted octanol–water partition coefficient (Wildman–Crippen LogP) is 1.47. The molecule has 0 aromatic heterocycles. The second-order valence-corrected chi connectivity index (χ2v) is 3.83. The van der Waals surface area contributed by atoms with Crippen LogP contribution in [0.4, 0.5) is 0 Å². The molecule has 1 saturated heterocycles. The molecule has 0 radical (unpaired) electrons. The largest absolute Gasteiger partial charge is 2.00 e. The number of hydrogen-bond donors (Lipinski definition) is 0. The minimum absolute atomic E-state index is 0. The first-order valence-corrected chi connectivity index (χ1v) is 3.99. The van der Waals surface area contributed by atoms with Gasteiger partial charge in [-0.25, -0.2) is 0 Å². The van der Waals surface area contributed by atoms with Crippen LogP contribution >= 0.6 is 0 Å². The molecule has 11 heavy (non-hydrogen) atoms. The molecule has 1 heterocycles. The Hall–Kier alpha value is 0.608. The van der Waals surface area contributed by atoms with E-state index in [-0.39, 0.29) is 21.1 Å². The van der Waals surface area contributed by atoms with Gasteiger partial charge in [0.2, 0.25) is 0 Å². The molecule has 0 N–H and O–H groups in total. The third-order valence-electron chi connectivity index (χ3n) is 2.00. The van der Waals surface area contributed by atoms with E-state index in [1.807, 2.05) is 0 Å². The van der Waals surface area contributed by atoms with Gasteiger partial charge in [-0.05, 0) is 33.9 Å². The summed E-state index contributed by atoms with van der Waals surface area (Å²) < 4.78 is 0. The van der Waals surface area contributed by atoms with Crippen molar-refractivity contribution in [1.82, 2.24) is 4.90 Å². The molecule has 1 rings (SSSR count). The fourth-order valence-electron chi connectivity index (χ4n) is 1.28. The van der Waals surface area contributed by atoms with Gasteiger partial charge in [0.25, 0.3) is 0 Å². The third kappa shape index (κ3) is 3.68. The van der Waals surface area contributed by atoms with E-state index in [4.69, 9.17) is 0 Å². The van der Waals surface area contributed by atoms with Crippen molar-refractivity contribution in [2.24, 2.45) is 0 Å². The number of nitrogens with zero attached hydrogens (tertiary/aromatic N) is 2. The zero-order chi connectivity index (χ0) is 7.61. The van der Waals surface area contributed by atoms with Crippen molar-refractivity contribution < 1.29 is 21.1 Å². The fraction of sp³-hybridized carbons (Fsp3) is 1.00. The summed E-state index contributed by atoms with van der Waals surface area (Å²) in [7, 11) is 0. The zero-order valence-electron chi connectivity index (χ0n) is 7.63. The number of hydrogen-bond acceptors (Lipinski definition) is 1. The minimum Gasteiger partial charge on any atom is -0.660 e. The van der Waals surface area contributed by atoms with Crippen LogP contribution < -0.4 is 0 Å². The van der Waals surface area contributed by atoms with E-state index >= 15 is 0 Å². The van der Waals surface area contributed by atoms with Crippen molar-refractivity contribution in [1.29, 1.82) is 0 Å². The second kappa shape index (κ2) is 4.59. The summed E-state index contributed by atoms with van der Waals surface area (Å²) in [6, 6.07) is 0. The van der Waals surface area contributed by atoms with Crippen LogP contribution in [0, 0.1) is 0 Å². The van der Waals surface area contributed by atoms with E-state index in [1.54, 1.807) is 0 Å². The molecular formula is C8H17N2W+. The Morgan fingerprint density at radius 1 is 1.09 bits per heavy atom. The molecule has 1 aliphatic heterocycles. The summed E-state index contributed by atoms with van der Waals surface area (Å²) in [6.07, 6.45) is 0. The average Bonchev–Trinajstić information content (AvgIpc) is 1.88. The molecule has 1 fully saturated rings. The molecule has 0 aromatic carbocycles. The van der Waals surface area contributed by atoms with Crippen LogP contribution in [0.2, 0.25) is 0 Å². The van der Waals surface area contributed by atoms with E-state index in [2.05, 4.69) is 31.0 Å². The van der Waals surface area contributed by atoms with E-state index < -0.39 is 0 Å². The molecule has 64 valence electrons. The van der Waals surface area contributed by atoms with Gasteiger partial charge in [0.15, 0.2) is 0 Å². The van der Waals surface area contributed by atoms with Gasteiger partial charge in [-0.15, -0.1) is 13.1 Å². The first-order valence-electron chi connectivity index (χ1n) is 3.99. The van der Waals surface area contributed by atoms with E-state index in [9.17, 15) is 0 Å². The molecule has 0 atom stereocenters. The standard InChI is InChI=1S/C8H17N2.W/c1-8(2,3)10-6-4-9-5-7-10;/h4-7H2,1-3H3;/q-1;+2. The molecule has 0 unspecified atom stereocenters. The Kier molecular flexibility index (Phi) is 4.84. The fourth-order valence-corrected chi connectivity index (χ4v) is 1.28. The van der Waals surface area contributed by atoms with Gasteiger partial charge in [-0.2, -0.15) is 0 Å². The van der Waals surface area contributed by atoms with E-state index in [0.29, 0.717) is 5.54 Å². The van der Waals surface area contributed by atoms with Crippen LogP contribution in [-0.4, -0.2) is 36.6 Å². The summed E-state index contributed by atoms with van der Waals surface area (Å²) >= 11 is 0. The molecule has 0 spiro atoms. The smallest absolute Gasteiger partial charge is 0.660 e. The Morgan fingerprint density at radius 3 is 1.82 bits per heavy atom. The van der Waals surface area contributed by atoms with Gasteiger partial charge in [-0.1, -0.05) is 0 Å². The van der Waals surface area contributed by atoms with Crippen molar-refractivity contribution in [3.63, 3.8) is 0 Å². The van der Waals surface area contributed by atoms with Gasteiger partial charge >= 0.3 is 21.1 Å². The molecule has 0 aromatic rings. The van der Waals surface area contributed by atoms with Crippen LogP contribution in [0.5, 0.6) is 0 Å². The molecule has 0 bridgehead atoms. The van der Waals surface area contributed by atoms with Crippen LogP contribution in [0.15, 0.2) is 0 Å². The Labute approximate surface area is 84.0 Å². The van der Waals surface area contributed by atoms with Gasteiger partial charge in [0.05, 0.1) is 0 Å². The molecule has 0 saturated carbocycles. The maximum Gasteiger partial charge on any atom is 2.00 e. The third-order valence-corrected chi connectivity index (χ3v) is 2.00. The zero-order valence-corrected chi connectivity index (χ0v) is 10.6. The average molecular weight is 325 g/mol. The second-order valence-electron chi connectivity index (χ2n) is 3.83. The monoisotopic (exact) mass is 325 g/mol. The van der Waals surface area contributed by atoms with Gasteiger partial charge < -0.3 is 10.2 Å². The van der Waals surface area contributed by atoms with Gasteiger partial charge in [0.1, 0.15) is 0 Å². The van der Waals surface area contributed by atoms with Crippen LogP contribution in [0.3, 0.4) is 0 Å². The summed E-state index contributed by atoms with van der Waals surface area (Å²) in [6.45, 7) is 11.1.